The summed E-state index contributed by atoms with van der Waals surface area (Å²) in [6, 6.07) is 0.802. The molecule has 0 aromatic carbocycles. The Labute approximate surface area is 106 Å². The number of nitrogens with zero attached hydrogens (tertiary/aromatic N) is 1. The van der Waals surface area contributed by atoms with Crippen LogP contribution in [0, 0.1) is 11.3 Å². The normalized spacial score (nSPS) is 33.7. The van der Waals surface area contributed by atoms with Crippen LogP contribution >= 0.6 is 0 Å². The van der Waals surface area contributed by atoms with Crippen LogP contribution < -0.4 is 0 Å². The van der Waals surface area contributed by atoms with E-state index in [1.54, 1.807) is 0 Å². The van der Waals surface area contributed by atoms with Crippen molar-refractivity contribution < 1.29 is 5.11 Å². The van der Waals surface area contributed by atoms with Crippen molar-refractivity contribution in [2.24, 2.45) is 11.3 Å². The molecule has 2 nitrogen and oxygen atoms in total. The van der Waals surface area contributed by atoms with E-state index in [0.29, 0.717) is 5.92 Å². The van der Waals surface area contributed by atoms with Crippen LogP contribution in [0.4, 0.5) is 0 Å². The quantitative estimate of drug-likeness (QED) is 0.815. The number of hydrogen-bond acceptors (Lipinski definition) is 2. The van der Waals surface area contributed by atoms with Gasteiger partial charge in [0.15, 0.2) is 0 Å². The molecule has 0 bridgehead atoms. The molecule has 2 saturated carbocycles. The van der Waals surface area contributed by atoms with Gasteiger partial charge in [0.05, 0.1) is 6.10 Å². The first-order chi connectivity index (χ1) is 8.04. The monoisotopic (exact) mass is 239 g/mol. The Balaban J connectivity index is 1.90. The summed E-state index contributed by atoms with van der Waals surface area (Å²) in [5.74, 6) is 0.505. The largest absolute Gasteiger partial charge is 0.392 e. The number of hydrogen-bond donors (Lipinski definition) is 1. The zero-order valence-corrected chi connectivity index (χ0v) is 11.8. The van der Waals surface area contributed by atoms with Gasteiger partial charge in [-0.1, -0.05) is 33.6 Å². The third-order valence-corrected chi connectivity index (χ3v) is 5.12. The van der Waals surface area contributed by atoms with Gasteiger partial charge in [-0.25, -0.2) is 0 Å². The topological polar surface area (TPSA) is 23.5 Å². The van der Waals surface area contributed by atoms with Crippen molar-refractivity contribution in [2.75, 3.05) is 13.1 Å². The standard InChI is InChI=1S/C15H29NO/c1-4-16(13-7-5-6-8-13)11-12-9-10-15(2,3)14(12)17/h12-14,17H,4-11H2,1-3H3. The fourth-order valence-corrected chi connectivity index (χ4v) is 3.80. The van der Waals surface area contributed by atoms with E-state index in [0.717, 1.165) is 19.1 Å². The number of aliphatic hydroxyl groups excluding tert-OH is 1. The van der Waals surface area contributed by atoms with Gasteiger partial charge in [0.2, 0.25) is 0 Å². The van der Waals surface area contributed by atoms with Crippen LogP contribution in [-0.4, -0.2) is 35.2 Å². The van der Waals surface area contributed by atoms with Crippen molar-refractivity contribution in [3.05, 3.63) is 0 Å². The van der Waals surface area contributed by atoms with Gasteiger partial charge in [-0.05, 0) is 43.6 Å². The van der Waals surface area contributed by atoms with E-state index < -0.39 is 0 Å². The lowest BCUT2D eigenvalue weighted by Crippen LogP contribution is -2.40. The van der Waals surface area contributed by atoms with E-state index in [1.807, 2.05) is 0 Å². The molecule has 0 amide bonds. The lowest BCUT2D eigenvalue weighted by molar-refractivity contribution is 0.0275. The highest BCUT2D eigenvalue weighted by atomic mass is 16.3. The highest BCUT2D eigenvalue weighted by molar-refractivity contribution is 4.93. The summed E-state index contributed by atoms with van der Waals surface area (Å²) < 4.78 is 0. The molecular weight excluding hydrogens is 210 g/mol. The Morgan fingerprint density at radius 3 is 2.29 bits per heavy atom. The van der Waals surface area contributed by atoms with E-state index >= 15 is 0 Å². The van der Waals surface area contributed by atoms with Crippen LogP contribution in [0.2, 0.25) is 0 Å². The molecule has 2 atom stereocenters. The molecule has 17 heavy (non-hydrogen) atoms. The summed E-state index contributed by atoms with van der Waals surface area (Å²) in [7, 11) is 0. The number of aliphatic hydroxyl groups is 1. The molecule has 1 N–H and O–H groups in total. The molecule has 0 heterocycles. The van der Waals surface area contributed by atoms with Gasteiger partial charge in [0, 0.05) is 12.6 Å². The average Bonchev–Trinajstić information content (AvgIpc) is 2.89. The summed E-state index contributed by atoms with van der Waals surface area (Å²) in [5, 5.41) is 10.4. The highest BCUT2D eigenvalue weighted by Gasteiger charge is 2.41. The lowest BCUT2D eigenvalue weighted by Gasteiger charge is -2.33. The molecule has 0 saturated heterocycles. The van der Waals surface area contributed by atoms with Crippen molar-refractivity contribution in [1.29, 1.82) is 0 Å². The Hall–Kier alpha value is -0.0800. The number of rotatable bonds is 4. The molecule has 2 aliphatic rings. The van der Waals surface area contributed by atoms with Crippen LogP contribution in [0.5, 0.6) is 0 Å². The molecule has 0 spiro atoms. The summed E-state index contributed by atoms with van der Waals surface area (Å²) in [6.07, 6.45) is 7.84. The summed E-state index contributed by atoms with van der Waals surface area (Å²) in [4.78, 5) is 2.63. The fraction of sp³-hybridized carbons (Fsp3) is 1.00. The second-order valence-electron chi connectivity index (χ2n) is 6.76. The molecule has 0 radical (unpaired) electrons. The van der Waals surface area contributed by atoms with Crippen LogP contribution in [-0.2, 0) is 0 Å². The van der Waals surface area contributed by atoms with Gasteiger partial charge in [-0.15, -0.1) is 0 Å². The smallest absolute Gasteiger partial charge is 0.0631 e. The minimum atomic E-state index is -0.0991. The minimum absolute atomic E-state index is 0.0991. The minimum Gasteiger partial charge on any atom is -0.392 e. The van der Waals surface area contributed by atoms with E-state index in [4.69, 9.17) is 0 Å². The molecule has 2 rings (SSSR count). The van der Waals surface area contributed by atoms with Crippen molar-refractivity contribution in [2.45, 2.75) is 71.4 Å². The second-order valence-corrected chi connectivity index (χ2v) is 6.76. The maximum atomic E-state index is 10.4. The van der Waals surface area contributed by atoms with Crippen LogP contribution in [0.25, 0.3) is 0 Å². The molecule has 2 heteroatoms. The van der Waals surface area contributed by atoms with Gasteiger partial charge >= 0.3 is 0 Å². The molecule has 100 valence electrons. The summed E-state index contributed by atoms with van der Waals surface area (Å²) >= 11 is 0. The van der Waals surface area contributed by atoms with E-state index in [2.05, 4.69) is 25.7 Å². The fourth-order valence-electron chi connectivity index (χ4n) is 3.80. The van der Waals surface area contributed by atoms with Crippen LogP contribution in [0.15, 0.2) is 0 Å². The van der Waals surface area contributed by atoms with Gasteiger partial charge in [-0.2, -0.15) is 0 Å². The van der Waals surface area contributed by atoms with Crippen LogP contribution in [0.1, 0.15) is 59.3 Å². The summed E-state index contributed by atoms with van der Waals surface area (Å²) in [5.41, 5.74) is 0.139. The van der Waals surface area contributed by atoms with E-state index in [-0.39, 0.29) is 11.5 Å². The third kappa shape index (κ3) is 2.85. The van der Waals surface area contributed by atoms with Crippen LogP contribution in [0.3, 0.4) is 0 Å². The Morgan fingerprint density at radius 2 is 1.82 bits per heavy atom. The van der Waals surface area contributed by atoms with Gasteiger partial charge in [-0.3, -0.25) is 0 Å². The van der Waals surface area contributed by atoms with Gasteiger partial charge < -0.3 is 10.0 Å². The molecule has 0 aromatic heterocycles. The maximum Gasteiger partial charge on any atom is 0.0631 e. The molecule has 2 fully saturated rings. The van der Waals surface area contributed by atoms with Crippen molar-refractivity contribution in [1.82, 2.24) is 4.90 Å². The molecule has 2 unspecified atom stereocenters. The second kappa shape index (κ2) is 5.27. The van der Waals surface area contributed by atoms with Crippen molar-refractivity contribution >= 4 is 0 Å². The predicted molar refractivity (Wildman–Crippen MR) is 72.0 cm³/mol. The SMILES string of the molecule is CCN(CC1CCC(C)(C)C1O)C1CCCC1. The first-order valence-electron chi connectivity index (χ1n) is 7.46. The third-order valence-electron chi connectivity index (χ3n) is 5.12. The average molecular weight is 239 g/mol. The maximum absolute atomic E-state index is 10.4. The molecular formula is C15H29NO. The Kier molecular flexibility index (Phi) is 4.14. The van der Waals surface area contributed by atoms with Crippen molar-refractivity contribution in [3.63, 3.8) is 0 Å². The first-order valence-corrected chi connectivity index (χ1v) is 7.46. The van der Waals surface area contributed by atoms with E-state index in [9.17, 15) is 5.11 Å². The Morgan fingerprint density at radius 1 is 1.18 bits per heavy atom. The molecule has 0 aromatic rings. The van der Waals surface area contributed by atoms with E-state index in [1.165, 1.54) is 38.5 Å². The van der Waals surface area contributed by atoms with Crippen molar-refractivity contribution in [3.8, 4) is 0 Å². The highest BCUT2D eigenvalue weighted by Crippen LogP contribution is 2.42. The van der Waals surface area contributed by atoms with Gasteiger partial charge in [0.1, 0.15) is 0 Å². The first kappa shape index (κ1) is 13.4. The molecule has 2 aliphatic carbocycles. The zero-order valence-electron chi connectivity index (χ0n) is 11.8. The Bertz CT molecular complexity index is 245. The lowest BCUT2D eigenvalue weighted by atomic mass is 9.87. The summed E-state index contributed by atoms with van der Waals surface area (Å²) in [6.45, 7) is 8.96. The zero-order chi connectivity index (χ0) is 12.5. The molecule has 0 aliphatic heterocycles. The predicted octanol–water partition coefficient (Wildman–Crippen LogP) is 3.05. The van der Waals surface area contributed by atoms with Gasteiger partial charge in [0.25, 0.3) is 0 Å².